The van der Waals surface area contributed by atoms with E-state index in [1.165, 1.54) is 0 Å². The highest BCUT2D eigenvalue weighted by Crippen LogP contribution is 2.35. The maximum Gasteiger partial charge on any atom is 0.255 e. The van der Waals surface area contributed by atoms with Crippen molar-refractivity contribution in [3.05, 3.63) is 66.9 Å². The molecule has 138 valence electrons. The van der Waals surface area contributed by atoms with Crippen molar-refractivity contribution in [1.29, 1.82) is 0 Å². The molecular weight excluding hydrogens is 342 g/mol. The second kappa shape index (κ2) is 8.23. The van der Waals surface area contributed by atoms with E-state index in [1.54, 1.807) is 26.5 Å². The number of anilines is 2. The molecule has 0 atom stereocenters. The molecule has 0 spiro atoms. The van der Waals surface area contributed by atoms with Gasteiger partial charge < -0.3 is 20.1 Å². The van der Waals surface area contributed by atoms with E-state index in [1.807, 2.05) is 42.5 Å². The molecule has 0 saturated heterocycles. The van der Waals surface area contributed by atoms with Gasteiger partial charge in [0.25, 0.3) is 5.91 Å². The predicted molar refractivity (Wildman–Crippen MR) is 107 cm³/mol. The number of nitrogens with zero attached hydrogens (tertiary/aromatic N) is 1. The lowest BCUT2D eigenvalue weighted by molar-refractivity contribution is 0.0958. The molecule has 0 aliphatic carbocycles. The molecule has 27 heavy (non-hydrogen) atoms. The van der Waals surface area contributed by atoms with Gasteiger partial charge in [0.1, 0.15) is 17.0 Å². The van der Waals surface area contributed by atoms with Gasteiger partial charge in [0.15, 0.2) is 0 Å². The van der Waals surface area contributed by atoms with E-state index in [9.17, 15) is 4.79 Å². The topological polar surface area (TPSA) is 72.5 Å². The van der Waals surface area contributed by atoms with Crippen molar-refractivity contribution in [1.82, 2.24) is 10.3 Å². The molecule has 1 amide bonds. The maximum atomic E-state index is 12.7. The number of ether oxygens (including phenoxy) is 2. The van der Waals surface area contributed by atoms with E-state index in [4.69, 9.17) is 9.47 Å². The molecule has 0 fully saturated rings. The predicted octanol–water partition coefficient (Wildman–Crippen LogP) is 3.91. The average Bonchev–Trinajstić information content (AvgIpc) is 2.72. The number of carbonyl (C=O) groups excluding carboxylic acids is 1. The van der Waals surface area contributed by atoms with Gasteiger partial charge in [-0.05, 0) is 18.2 Å². The lowest BCUT2D eigenvalue weighted by Crippen LogP contribution is -2.24. The summed E-state index contributed by atoms with van der Waals surface area (Å²) in [5, 5.41) is 6.90. The zero-order valence-electron chi connectivity index (χ0n) is 15.3. The van der Waals surface area contributed by atoms with Crippen LogP contribution in [0, 0.1) is 0 Å². The maximum absolute atomic E-state index is 12.7. The van der Waals surface area contributed by atoms with Crippen LogP contribution in [0.3, 0.4) is 0 Å². The van der Waals surface area contributed by atoms with Crippen LogP contribution in [-0.2, 0) is 0 Å². The molecule has 0 unspecified atom stereocenters. The Morgan fingerprint density at radius 3 is 2.59 bits per heavy atom. The lowest BCUT2D eigenvalue weighted by Gasteiger charge is -2.17. The van der Waals surface area contributed by atoms with Gasteiger partial charge in [-0.2, -0.15) is 0 Å². The minimum Gasteiger partial charge on any atom is -0.495 e. The van der Waals surface area contributed by atoms with Gasteiger partial charge in [-0.3, -0.25) is 9.78 Å². The Morgan fingerprint density at radius 2 is 1.85 bits per heavy atom. The summed E-state index contributed by atoms with van der Waals surface area (Å²) in [6.45, 7) is 4.00. The normalized spacial score (nSPS) is 10.3. The number of pyridine rings is 1. The summed E-state index contributed by atoms with van der Waals surface area (Å²) >= 11 is 0. The van der Waals surface area contributed by atoms with Crippen LogP contribution in [0.15, 0.2) is 61.3 Å². The molecule has 1 aromatic heterocycles. The summed E-state index contributed by atoms with van der Waals surface area (Å²) < 4.78 is 10.8. The van der Waals surface area contributed by atoms with Crippen molar-refractivity contribution < 1.29 is 14.3 Å². The van der Waals surface area contributed by atoms with E-state index in [0.29, 0.717) is 34.8 Å². The Kier molecular flexibility index (Phi) is 5.56. The quantitative estimate of drug-likeness (QED) is 0.623. The second-order valence-electron chi connectivity index (χ2n) is 5.73. The molecule has 2 aromatic carbocycles. The molecule has 0 radical (unpaired) electrons. The highest BCUT2D eigenvalue weighted by atomic mass is 16.5. The fourth-order valence-electron chi connectivity index (χ4n) is 2.81. The molecule has 0 bridgehead atoms. The van der Waals surface area contributed by atoms with Gasteiger partial charge in [0, 0.05) is 18.1 Å². The summed E-state index contributed by atoms with van der Waals surface area (Å²) in [6.07, 6.45) is 3.17. The minimum absolute atomic E-state index is 0.246. The smallest absolute Gasteiger partial charge is 0.255 e. The summed E-state index contributed by atoms with van der Waals surface area (Å²) in [5.41, 5.74) is 2.46. The first kappa shape index (κ1) is 18.3. The van der Waals surface area contributed by atoms with Crippen molar-refractivity contribution in [3.63, 3.8) is 0 Å². The number of benzene rings is 2. The number of nitrogens with one attached hydrogen (secondary N) is 2. The fourth-order valence-corrected chi connectivity index (χ4v) is 2.81. The monoisotopic (exact) mass is 363 g/mol. The average molecular weight is 363 g/mol. The summed E-state index contributed by atoms with van der Waals surface area (Å²) in [7, 11) is 3.19. The van der Waals surface area contributed by atoms with Crippen LogP contribution >= 0.6 is 0 Å². The van der Waals surface area contributed by atoms with E-state index in [-0.39, 0.29) is 5.91 Å². The van der Waals surface area contributed by atoms with Crippen molar-refractivity contribution in [2.24, 2.45) is 0 Å². The van der Waals surface area contributed by atoms with Crippen LogP contribution in [0.4, 0.5) is 11.4 Å². The first-order valence-corrected chi connectivity index (χ1v) is 8.44. The van der Waals surface area contributed by atoms with E-state index in [0.717, 1.165) is 11.1 Å². The van der Waals surface area contributed by atoms with E-state index in [2.05, 4.69) is 22.2 Å². The molecule has 1 heterocycles. The Labute approximate surface area is 157 Å². The van der Waals surface area contributed by atoms with Crippen molar-refractivity contribution >= 4 is 28.2 Å². The van der Waals surface area contributed by atoms with Crippen LogP contribution in [-0.4, -0.2) is 31.7 Å². The van der Waals surface area contributed by atoms with Gasteiger partial charge in [-0.15, -0.1) is 6.58 Å². The molecule has 6 nitrogen and oxygen atoms in total. The number of amides is 1. The zero-order chi connectivity index (χ0) is 19.2. The van der Waals surface area contributed by atoms with Crippen LogP contribution in [0.25, 0.3) is 10.9 Å². The molecule has 6 heteroatoms. The summed E-state index contributed by atoms with van der Waals surface area (Å²) in [5.74, 6) is 1.06. The Balaban J connectivity index is 2.18. The lowest BCUT2D eigenvalue weighted by atomic mass is 10.1. The number of hydrogen-bond acceptors (Lipinski definition) is 5. The number of fused-ring (bicyclic) bond motifs is 1. The number of methoxy groups -OCH3 is 2. The molecule has 0 aliphatic rings. The van der Waals surface area contributed by atoms with Crippen LogP contribution in [0.5, 0.6) is 11.5 Å². The fraction of sp³-hybridized carbons (Fsp3) is 0.143. The van der Waals surface area contributed by atoms with Gasteiger partial charge in [-0.1, -0.05) is 30.3 Å². The van der Waals surface area contributed by atoms with Crippen LogP contribution < -0.4 is 20.1 Å². The minimum atomic E-state index is -0.246. The molecule has 2 N–H and O–H groups in total. The SMILES string of the molecule is C=CCNC(=O)c1cnc2c(OC)cccc2c1Nc1ccccc1OC. The number of carbonyl (C=O) groups is 1. The van der Waals surface area contributed by atoms with E-state index >= 15 is 0 Å². The third-order valence-electron chi connectivity index (χ3n) is 4.10. The van der Waals surface area contributed by atoms with Gasteiger partial charge >= 0.3 is 0 Å². The van der Waals surface area contributed by atoms with Crippen LogP contribution in [0.1, 0.15) is 10.4 Å². The number of aromatic nitrogens is 1. The molecular formula is C21H21N3O3. The first-order chi connectivity index (χ1) is 13.2. The highest BCUT2D eigenvalue weighted by molar-refractivity contribution is 6.09. The molecule has 3 rings (SSSR count). The molecule has 0 aliphatic heterocycles. The molecule has 3 aromatic rings. The van der Waals surface area contributed by atoms with Gasteiger partial charge in [0.05, 0.1) is 31.2 Å². The van der Waals surface area contributed by atoms with Crippen molar-refractivity contribution in [2.45, 2.75) is 0 Å². The van der Waals surface area contributed by atoms with Gasteiger partial charge in [0.2, 0.25) is 0 Å². The summed E-state index contributed by atoms with van der Waals surface area (Å²) in [6, 6.07) is 13.1. The zero-order valence-corrected chi connectivity index (χ0v) is 15.3. The first-order valence-electron chi connectivity index (χ1n) is 8.44. The van der Waals surface area contributed by atoms with Gasteiger partial charge in [-0.25, -0.2) is 0 Å². The Morgan fingerprint density at radius 1 is 1.11 bits per heavy atom. The Bertz CT molecular complexity index is 986. The number of rotatable bonds is 7. The Hall–Kier alpha value is -3.54. The highest BCUT2D eigenvalue weighted by Gasteiger charge is 2.18. The number of hydrogen-bond donors (Lipinski definition) is 2. The summed E-state index contributed by atoms with van der Waals surface area (Å²) in [4.78, 5) is 17.1. The molecule has 0 saturated carbocycles. The van der Waals surface area contributed by atoms with Crippen molar-refractivity contribution in [2.75, 3.05) is 26.1 Å². The second-order valence-corrected chi connectivity index (χ2v) is 5.73. The number of para-hydroxylation sites is 3. The standard InChI is InChI=1S/C21H21N3O3/c1-4-12-22-21(25)15-13-23-20-14(8-7-11-18(20)27-3)19(15)24-16-9-5-6-10-17(16)26-2/h4-11,13H,1,12H2,2-3H3,(H,22,25)(H,23,24). The van der Waals surface area contributed by atoms with E-state index < -0.39 is 0 Å². The van der Waals surface area contributed by atoms with Crippen LogP contribution in [0.2, 0.25) is 0 Å². The third kappa shape index (κ3) is 3.69. The third-order valence-corrected chi connectivity index (χ3v) is 4.10. The van der Waals surface area contributed by atoms with Crippen molar-refractivity contribution in [3.8, 4) is 11.5 Å². The largest absolute Gasteiger partial charge is 0.495 e.